The van der Waals surface area contributed by atoms with Crippen LogP contribution in [0, 0.1) is 18.3 Å². The van der Waals surface area contributed by atoms with Crippen LogP contribution in [0.25, 0.3) is 11.1 Å². The molecule has 0 aliphatic heterocycles. The zero-order valence-corrected chi connectivity index (χ0v) is 17.9. The number of nitriles is 1. The Hall–Kier alpha value is -4.78. The van der Waals surface area contributed by atoms with Gasteiger partial charge < -0.3 is 15.2 Å². The van der Waals surface area contributed by atoms with Crippen LogP contribution in [-0.2, 0) is 6.54 Å². The molecule has 33 heavy (non-hydrogen) atoms. The van der Waals surface area contributed by atoms with Crippen molar-refractivity contribution in [3.05, 3.63) is 77.7 Å². The predicted octanol–water partition coefficient (Wildman–Crippen LogP) is 2.12. The van der Waals surface area contributed by atoms with Crippen LogP contribution in [0.1, 0.15) is 16.8 Å². The minimum absolute atomic E-state index is 0.0616. The monoisotopic (exact) mass is 441 g/mol. The summed E-state index contributed by atoms with van der Waals surface area (Å²) in [7, 11) is 1.53. The normalized spacial score (nSPS) is 11.1. The maximum atomic E-state index is 12.1. The molecular weight excluding hydrogens is 422 g/mol. The molecule has 2 aromatic carbocycles. The fourth-order valence-corrected chi connectivity index (χ4v) is 3.11. The summed E-state index contributed by atoms with van der Waals surface area (Å²) in [4.78, 5) is 12.3. The molecule has 1 N–H and O–H groups in total. The first-order chi connectivity index (χ1) is 16.0. The topological polar surface area (TPSA) is 136 Å². The Morgan fingerprint density at radius 1 is 1.27 bits per heavy atom. The van der Waals surface area contributed by atoms with Crippen LogP contribution in [0.4, 0.5) is 11.6 Å². The molecule has 0 radical (unpaired) electrons. The summed E-state index contributed by atoms with van der Waals surface area (Å²) in [6.45, 7) is 2.34. The average Bonchev–Trinajstić information content (AvgIpc) is 3.26. The van der Waals surface area contributed by atoms with E-state index in [0.29, 0.717) is 23.8 Å². The standard InChI is InChI=1S/C23H19N7O3/c1-15-20(12-25-23(26-15)32-2)18-8-6-16(7-9-18)13-30-14-21(33-29-30)28-22(31)27-19-5-3-4-17(10-19)11-24/h3-10,12,14H,13H2,1-2H3,(H-,27,28,29,31). The first kappa shape index (κ1) is 21.5. The quantitative estimate of drug-likeness (QED) is 0.273. The Balaban J connectivity index is 1.42. The summed E-state index contributed by atoms with van der Waals surface area (Å²) in [6.07, 6.45) is 3.26. The Kier molecular flexibility index (Phi) is 6.22. The molecule has 0 atom stereocenters. The zero-order valence-electron chi connectivity index (χ0n) is 17.9. The van der Waals surface area contributed by atoms with Crippen molar-refractivity contribution in [1.82, 2.24) is 15.2 Å². The summed E-state index contributed by atoms with van der Waals surface area (Å²) in [5.74, 6) is 0.0616. The number of rotatable bonds is 6. The van der Waals surface area contributed by atoms with Crippen LogP contribution in [0.3, 0.4) is 0 Å². The molecule has 0 amide bonds. The smallest absolute Gasteiger partial charge is 0.322 e. The summed E-state index contributed by atoms with van der Waals surface area (Å²) in [5.41, 5.74) is 4.61. The number of methoxy groups -OCH3 is 1. The van der Waals surface area contributed by atoms with E-state index in [-0.39, 0.29) is 5.88 Å². The third kappa shape index (κ3) is 5.29. The van der Waals surface area contributed by atoms with Gasteiger partial charge in [0.2, 0.25) is 11.8 Å². The molecule has 10 heteroatoms. The van der Waals surface area contributed by atoms with E-state index in [0.717, 1.165) is 22.4 Å². The van der Waals surface area contributed by atoms with Gasteiger partial charge in [0, 0.05) is 23.0 Å². The molecule has 4 rings (SSSR count). The number of benzene rings is 2. The van der Waals surface area contributed by atoms with E-state index in [1.807, 2.05) is 37.3 Å². The fraction of sp³-hybridized carbons (Fsp3) is 0.130. The number of anilines is 1. The van der Waals surface area contributed by atoms with E-state index < -0.39 is 6.02 Å². The molecule has 0 aliphatic carbocycles. The van der Waals surface area contributed by atoms with Gasteiger partial charge in [-0.2, -0.15) is 10.2 Å². The lowest BCUT2D eigenvalue weighted by molar-refractivity contribution is -0.754. The van der Waals surface area contributed by atoms with E-state index in [1.165, 1.54) is 13.3 Å². The lowest BCUT2D eigenvalue weighted by Gasteiger charge is -2.11. The second-order valence-electron chi connectivity index (χ2n) is 7.03. The van der Waals surface area contributed by atoms with Crippen LogP contribution in [0.15, 0.2) is 70.4 Å². The molecule has 0 unspecified atom stereocenters. The molecule has 0 bridgehead atoms. The average molecular weight is 441 g/mol. The molecule has 0 aliphatic rings. The summed E-state index contributed by atoms with van der Waals surface area (Å²) in [6, 6.07) is 16.1. The molecule has 0 saturated heterocycles. The van der Waals surface area contributed by atoms with Crippen molar-refractivity contribution in [3.8, 4) is 23.2 Å². The van der Waals surface area contributed by atoms with Crippen LogP contribution < -0.4 is 19.8 Å². The number of aryl methyl sites for hydroxylation is 1. The lowest BCUT2D eigenvalue weighted by Crippen LogP contribution is -2.35. The fourth-order valence-electron chi connectivity index (χ4n) is 3.11. The van der Waals surface area contributed by atoms with Crippen LogP contribution in [0.2, 0.25) is 0 Å². The number of hydrogen-bond donors (Lipinski definition) is 1. The SMILES string of the molecule is COc1ncc(-c2ccc(C[n+]3cc(N=C([O-])Nc4cccc(C#N)c4)on3)cc2)c(C)n1. The molecular formula is C23H19N7O3. The van der Waals surface area contributed by atoms with Gasteiger partial charge in [-0.25, -0.2) is 9.98 Å². The number of nitrogens with zero attached hydrogens (tertiary/aromatic N) is 6. The molecule has 0 saturated carbocycles. The third-order valence-corrected chi connectivity index (χ3v) is 4.70. The summed E-state index contributed by atoms with van der Waals surface area (Å²) in [5, 5.41) is 27.5. The Labute approximate surface area is 189 Å². The van der Waals surface area contributed by atoms with Crippen molar-refractivity contribution in [3.63, 3.8) is 0 Å². The highest BCUT2D eigenvalue weighted by Gasteiger charge is 2.13. The lowest BCUT2D eigenvalue weighted by atomic mass is 10.0. The van der Waals surface area contributed by atoms with Crippen molar-refractivity contribution in [2.24, 2.45) is 4.99 Å². The van der Waals surface area contributed by atoms with Gasteiger partial charge in [0.1, 0.15) is 0 Å². The van der Waals surface area contributed by atoms with Crippen molar-refractivity contribution in [1.29, 1.82) is 5.26 Å². The van der Waals surface area contributed by atoms with Gasteiger partial charge in [0.25, 0.3) is 6.20 Å². The molecule has 4 aromatic rings. The van der Waals surface area contributed by atoms with Gasteiger partial charge in [-0.05, 0) is 35.4 Å². The number of ether oxygens (including phenoxy) is 1. The van der Waals surface area contributed by atoms with Gasteiger partial charge in [-0.15, -0.1) is 0 Å². The van der Waals surface area contributed by atoms with E-state index in [1.54, 1.807) is 35.1 Å². The summed E-state index contributed by atoms with van der Waals surface area (Å²) < 4.78 is 11.7. The highest BCUT2D eigenvalue weighted by molar-refractivity contribution is 5.87. The Morgan fingerprint density at radius 3 is 2.82 bits per heavy atom. The minimum Gasteiger partial charge on any atom is -0.846 e. The van der Waals surface area contributed by atoms with E-state index in [4.69, 9.17) is 14.5 Å². The van der Waals surface area contributed by atoms with Crippen LogP contribution in [0.5, 0.6) is 6.01 Å². The molecule has 164 valence electrons. The van der Waals surface area contributed by atoms with Gasteiger partial charge >= 0.3 is 11.9 Å². The zero-order chi connectivity index (χ0) is 23.2. The number of hydrogen-bond acceptors (Lipinski definition) is 8. The van der Waals surface area contributed by atoms with Crippen molar-refractivity contribution in [2.45, 2.75) is 13.5 Å². The highest BCUT2D eigenvalue weighted by Crippen LogP contribution is 2.23. The second-order valence-corrected chi connectivity index (χ2v) is 7.03. The number of amidine groups is 1. The van der Waals surface area contributed by atoms with Gasteiger partial charge in [0.05, 0.1) is 30.5 Å². The highest BCUT2D eigenvalue weighted by atomic mass is 16.5. The van der Waals surface area contributed by atoms with E-state index >= 15 is 0 Å². The largest absolute Gasteiger partial charge is 0.846 e. The number of aromatic nitrogens is 4. The van der Waals surface area contributed by atoms with Gasteiger partial charge in [-0.3, -0.25) is 4.52 Å². The van der Waals surface area contributed by atoms with Crippen LogP contribution >= 0.6 is 0 Å². The maximum absolute atomic E-state index is 12.1. The van der Waals surface area contributed by atoms with Crippen LogP contribution in [-0.4, -0.2) is 28.4 Å². The van der Waals surface area contributed by atoms with Gasteiger partial charge in [0.15, 0.2) is 0 Å². The Morgan fingerprint density at radius 2 is 2.09 bits per heavy atom. The Bertz CT molecular complexity index is 1340. The first-order valence-electron chi connectivity index (χ1n) is 9.90. The van der Waals surface area contributed by atoms with Gasteiger partial charge in [-0.1, -0.05) is 30.3 Å². The minimum atomic E-state index is -0.630. The van der Waals surface area contributed by atoms with E-state index in [9.17, 15) is 5.11 Å². The molecule has 0 fully saturated rings. The summed E-state index contributed by atoms with van der Waals surface area (Å²) >= 11 is 0. The van der Waals surface area contributed by atoms with Crippen molar-refractivity contribution >= 4 is 17.6 Å². The van der Waals surface area contributed by atoms with E-state index in [2.05, 4.69) is 25.5 Å². The number of nitrogens with one attached hydrogen (secondary N) is 1. The third-order valence-electron chi connectivity index (χ3n) is 4.70. The van der Waals surface area contributed by atoms with Crippen molar-refractivity contribution < 1.29 is 19.0 Å². The number of aliphatic imine (C=N–C) groups is 1. The molecule has 0 spiro atoms. The molecule has 2 heterocycles. The molecule has 2 aromatic heterocycles. The first-order valence-corrected chi connectivity index (χ1v) is 9.90. The maximum Gasteiger partial charge on any atom is 0.322 e. The predicted molar refractivity (Wildman–Crippen MR) is 116 cm³/mol. The molecule has 10 nitrogen and oxygen atoms in total. The second kappa shape index (κ2) is 9.57. The van der Waals surface area contributed by atoms with Crippen molar-refractivity contribution in [2.75, 3.05) is 12.4 Å².